The fraction of sp³-hybridized carbons (Fsp3) is 0.333. The highest BCUT2D eigenvalue weighted by molar-refractivity contribution is 7.93. The minimum atomic E-state index is -5.61. The van der Waals surface area contributed by atoms with Gasteiger partial charge in [0.05, 0.1) is 11.3 Å². The summed E-state index contributed by atoms with van der Waals surface area (Å²) in [5, 5.41) is 0. The first-order chi connectivity index (χ1) is 11.8. The molecule has 0 aliphatic carbocycles. The molecule has 0 spiro atoms. The van der Waals surface area contributed by atoms with Gasteiger partial charge in [-0.3, -0.25) is 14.1 Å². The fourth-order valence-electron chi connectivity index (χ4n) is 2.45. The van der Waals surface area contributed by atoms with Crippen LogP contribution in [0.25, 0.3) is 11.1 Å². The predicted octanol–water partition coefficient (Wildman–Crippen LogP) is 1.63. The molecule has 2 rings (SSSR count). The van der Waals surface area contributed by atoms with Crippen LogP contribution in [-0.2, 0) is 24.1 Å². The number of aryl methyl sites for hydroxylation is 3. The normalized spacial score (nSPS) is 12.3. The molecule has 0 aliphatic heterocycles. The zero-order valence-electron chi connectivity index (χ0n) is 14.3. The number of hydrogen-bond donors (Lipinski definition) is 1. The molecule has 0 aliphatic rings. The molecule has 0 radical (unpaired) electrons. The van der Waals surface area contributed by atoms with Crippen LogP contribution < -0.4 is 16.0 Å². The average molecular weight is 391 g/mol. The van der Waals surface area contributed by atoms with Gasteiger partial charge in [0.25, 0.3) is 5.56 Å². The van der Waals surface area contributed by atoms with Gasteiger partial charge in [0.15, 0.2) is 0 Å². The predicted molar refractivity (Wildman–Crippen MR) is 90.4 cm³/mol. The standard InChI is InChI=1S/C15H16F3N3O4S/c1-8-5-9(2)12(19-26(24,25)15(16,17)18)6-10(8)11-7-20(3)14(23)21(4)13(11)22/h5-7,19H,1-4H3. The monoisotopic (exact) mass is 391 g/mol. The Morgan fingerprint density at radius 3 is 2.12 bits per heavy atom. The maximum atomic E-state index is 12.6. The van der Waals surface area contributed by atoms with Gasteiger partial charge in [0.1, 0.15) is 0 Å². The number of nitrogens with one attached hydrogen (secondary N) is 1. The van der Waals surface area contributed by atoms with Gasteiger partial charge in [-0.2, -0.15) is 21.6 Å². The average Bonchev–Trinajstić information content (AvgIpc) is 2.50. The van der Waals surface area contributed by atoms with E-state index in [1.165, 1.54) is 38.0 Å². The summed E-state index contributed by atoms with van der Waals surface area (Å²) in [5.41, 5.74) is -5.94. The van der Waals surface area contributed by atoms with Crippen molar-refractivity contribution in [3.63, 3.8) is 0 Å². The number of halogens is 3. The van der Waals surface area contributed by atoms with E-state index in [2.05, 4.69) is 0 Å². The highest BCUT2D eigenvalue weighted by Crippen LogP contribution is 2.31. The molecule has 1 aromatic heterocycles. The van der Waals surface area contributed by atoms with E-state index in [1.54, 1.807) is 6.92 Å². The first kappa shape index (κ1) is 19.8. The van der Waals surface area contributed by atoms with Gasteiger partial charge < -0.3 is 4.57 Å². The van der Waals surface area contributed by atoms with E-state index in [4.69, 9.17) is 0 Å². The molecule has 1 aromatic carbocycles. The summed E-state index contributed by atoms with van der Waals surface area (Å²) in [6.45, 7) is 3.05. The summed E-state index contributed by atoms with van der Waals surface area (Å²) in [5.74, 6) is 0. The third-order valence-corrected chi connectivity index (χ3v) is 4.96. The number of aromatic nitrogens is 2. The molecule has 142 valence electrons. The van der Waals surface area contributed by atoms with Crippen molar-refractivity contribution in [2.45, 2.75) is 19.4 Å². The molecule has 0 fully saturated rings. The Morgan fingerprint density at radius 2 is 1.58 bits per heavy atom. The summed E-state index contributed by atoms with van der Waals surface area (Å²) < 4.78 is 64.1. The smallest absolute Gasteiger partial charge is 0.303 e. The Hall–Kier alpha value is -2.56. The summed E-state index contributed by atoms with van der Waals surface area (Å²) in [6.07, 6.45) is 1.25. The Labute approximate surface area is 146 Å². The molecule has 1 N–H and O–H groups in total. The summed E-state index contributed by atoms with van der Waals surface area (Å²) in [7, 11) is -2.92. The van der Waals surface area contributed by atoms with Gasteiger partial charge in [-0.05, 0) is 36.6 Å². The lowest BCUT2D eigenvalue weighted by molar-refractivity contribution is -0.0429. The second-order valence-electron chi connectivity index (χ2n) is 5.83. The van der Waals surface area contributed by atoms with Crippen LogP contribution in [0.4, 0.5) is 18.9 Å². The van der Waals surface area contributed by atoms with E-state index in [1.807, 2.05) is 0 Å². The molecule has 0 unspecified atom stereocenters. The molecular weight excluding hydrogens is 375 g/mol. The molecule has 0 amide bonds. The van der Waals surface area contributed by atoms with Crippen LogP contribution in [0.15, 0.2) is 27.9 Å². The van der Waals surface area contributed by atoms with E-state index in [0.29, 0.717) is 5.56 Å². The van der Waals surface area contributed by atoms with Crippen molar-refractivity contribution in [1.29, 1.82) is 0 Å². The molecule has 0 atom stereocenters. The van der Waals surface area contributed by atoms with Crippen LogP contribution >= 0.6 is 0 Å². The summed E-state index contributed by atoms with van der Waals surface area (Å²) in [6, 6.07) is 2.60. The minimum Gasteiger partial charge on any atom is -0.303 e. The fourth-order valence-corrected chi connectivity index (χ4v) is 3.07. The lowest BCUT2D eigenvalue weighted by Gasteiger charge is -2.16. The molecule has 1 heterocycles. The van der Waals surface area contributed by atoms with Crippen LogP contribution in [0.5, 0.6) is 0 Å². The second-order valence-corrected chi connectivity index (χ2v) is 7.51. The second kappa shape index (κ2) is 6.31. The zero-order chi connectivity index (χ0) is 20.0. The lowest BCUT2D eigenvalue weighted by atomic mass is 9.99. The van der Waals surface area contributed by atoms with Crippen LogP contribution in [0.2, 0.25) is 0 Å². The maximum Gasteiger partial charge on any atom is 0.516 e. The third kappa shape index (κ3) is 3.39. The van der Waals surface area contributed by atoms with Crippen molar-refractivity contribution in [3.8, 4) is 11.1 Å². The van der Waals surface area contributed by atoms with Gasteiger partial charge in [0.2, 0.25) is 0 Å². The topological polar surface area (TPSA) is 90.2 Å². The first-order valence-corrected chi connectivity index (χ1v) is 8.72. The van der Waals surface area contributed by atoms with Crippen LogP contribution in [0, 0.1) is 13.8 Å². The van der Waals surface area contributed by atoms with E-state index < -0.39 is 26.8 Å². The van der Waals surface area contributed by atoms with Crippen molar-refractivity contribution in [2.24, 2.45) is 14.1 Å². The third-order valence-electron chi connectivity index (χ3n) is 3.86. The molecule has 2 aromatic rings. The maximum absolute atomic E-state index is 12.6. The van der Waals surface area contributed by atoms with Gasteiger partial charge in [-0.25, -0.2) is 4.79 Å². The van der Waals surface area contributed by atoms with Gasteiger partial charge in [-0.1, -0.05) is 6.07 Å². The number of nitrogens with zero attached hydrogens (tertiary/aromatic N) is 2. The summed E-state index contributed by atoms with van der Waals surface area (Å²) in [4.78, 5) is 24.2. The minimum absolute atomic E-state index is 0.0551. The first-order valence-electron chi connectivity index (χ1n) is 7.23. The van der Waals surface area contributed by atoms with Crippen LogP contribution in [0.3, 0.4) is 0 Å². The quantitative estimate of drug-likeness (QED) is 0.861. The number of benzene rings is 1. The van der Waals surface area contributed by atoms with Crippen molar-refractivity contribution < 1.29 is 21.6 Å². The Balaban J connectivity index is 2.72. The molecule has 11 heteroatoms. The van der Waals surface area contributed by atoms with Crippen molar-refractivity contribution >= 4 is 15.7 Å². The highest BCUT2D eigenvalue weighted by Gasteiger charge is 2.46. The van der Waals surface area contributed by atoms with Gasteiger partial charge in [0, 0.05) is 20.3 Å². The number of anilines is 1. The Morgan fingerprint density at radius 1 is 1.00 bits per heavy atom. The van der Waals surface area contributed by atoms with E-state index in [0.717, 1.165) is 15.2 Å². The molecule has 0 saturated heterocycles. The molecule has 26 heavy (non-hydrogen) atoms. The molecule has 0 saturated carbocycles. The Kier molecular flexibility index (Phi) is 4.79. The lowest BCUT2D eigenvalue weighted by Crippen LogP contribution is -2.37. The summed E-state index contributed by atoms with van der Waals surface area (Å²) >= 11 is 0. The van der Waals surface area contributed by atoms with Gasteiger partial charge >= 0.3 is 21.2 Å². The van der Waals surface area contributed by atoms with Crippen LogP contribution in [0.1, 0.15) is 11.1 Å². The van der Waals surface area contributed by atoms with Gasteiger partial charge in [-0.15, -0.1) is 0 Å². The number of hydrogen-bond acceptors (Lipinski definition) is 4. The van der Waals surface area contributed by atoms with Crippen molar-refractivity contribution in [3.05, 3.63) is 50.3 Å². The molecule has 7 nitrogen and oxygen atoms in total. The largest absolute Gasteiger partial charge is 0.516 e. The molecule has 0 bridgehead atoms. The van der Waals surface area contributed by atoms with Crippen molar-refractivity contribution in [1.82, 2.24) is 9.13 Å². The number of sulfonamides is 1. The van der Waals surface area contributed by atoms with Crippen LogP contribution in [-0.4, -0.2) is 23.1 Å². The van der Waals surface area contributed by atoms with E-state index in [9.17, 15) is 31.2 Å². The van der Waals surface area contributed by atoms with E-state index in [-0.39, 0.29) is 22.4 Å². The SMILES string of the molecule is Cc1cc(C)c(-c2cn(C)c(=O)n(C)c2=O)cc1NS(=O)(=O)C(F)(F)F. The Bertz CT molecular complexity index is 1100. The molecular formula is C15H16F3N3O4S. The number of alkyl halides is 3. The van der Waals surface area contributed by atoms with Crippen molar-refractivity contribution in [2.75, 3.05) is 4.72 Å². The van der Waals surface area contributed by atoms with E-state index >= 15 is 0 Å². The number of rotatable bonds is 3. The zero-order valence-corrected chi connectivity index (χ0v) is 15.1. The highest BCUT2D eigenvalue weighted by atomic mass is 32.2.